The van der Waals surface area contributed by atoms with E-state index in [-0.39, 0.29) is 11.9 Å². The Labute approximate surface area is 179 Å². The number of halogens is 2. The Kier molecular flexibility index (Phi) is 7.12. The molecule has 1 saturated heterocycles. The molecule has 0 radical (unpaired) electrons. The van der Waals surface area contributed by atoms with Gasteiger partial charge in [0.1, 0.15) is 5.82 Å². The number of rotatable bonds is 6. The summed E-state index contributed by atoms with van der Waals surface area (Å²) in [5.74, 6) is 0.109. The van der Waals surface area contributed by atoms with Gasteiger partial charge in [0.15, 0.2) is 0 Å². The van der Waals surface area contributed by atoms with E-state index in [0.29, 0.717) is 46.7 Å². The number of hydrogen-bond acceptors (Lipinski definition) is 5. The number of aromatic nitrogens is 1. The van der Waals surface area contributed by atoms with Crippen LogP contribution in [0, 0.1) is 0 Å². The Hall–Kier alpha value is -2.57. The summed E-state index contributed by atoms with van der Waals surface area (Å²) in [6, 6.07) is 8.65. The second-order valence-corrected chi connectivity index (χ2v) is 7.42. The van der Waals surface area contributed by atoms with Crippen molar-refractivity contribution in [1.82, 2.24) is 9.88 Å². The van der Waals surface area contributed by atoms with Gasteiger partial charge >= 0.3 is 5.97 Å². The summed E-state index contributed by atoms with van der Waals surface area (Å²) in [4.78, 5) is 30.1. The van der Waals surface area contributed by atoms with E-state index < -0.39 is 5.97 Å². The Balaban J connectivity index is 1.59. The van der Waals surface area contributed by atoms with Gasteiger partial charge in [-0.1, -0.05) is 23.2 Å². The summed E-state index contributed by atoms with van der Waals surface area (Å²) in [6.07, 6.45) is 5.35. The van der Waals surface area contributed by atoms with Crippen LogP contribution in [-0.2, 0) is 9.53 Å². The third kappa shape index (κ3) is 5.71. The highest BCUT2D eigenvalue weighted by Crippen LogP contribution is 2.24. The summed E-state index contributed by atoms with van der Waals surface area (Å²) in [5, 5.41) is 4.34. The van der Waals surface area contributed by atoms with Crippen LogP contribution in [0.1, 0.15) is 29.3 Å². The zero-order valence-corrected chi connectivity index (χ0v) is 17.4. The van der Waals surface area contributed by atoms with Crippen LogP contribution in [-0.4, -0.2) is 47.5 Å². The van der Waals surface area contributed by atoms with Crippen molar-refractivity contribution in [3.63, 3.8) is 0 Å². The lowest BCUT2D eigenvalue weighted by Crippen LogP contribution is -2.31. The van der Waals surface area contributed by atoms with Gasteiger partial charge in [0, 0.05) is 42.0 Å². The zero-order chi connectivity index (χ0) is 20.8. The van der Waals surface area contributed by atoms with Gasteiger partial charge in [-0.2, -0.15) is 0 Å². The quantitative estimate of drug-likeness (QED) is 0.543. The fraction of sp³-hybridized carbons (Fsp3) is 0.286. The monoisotopic (exact) mass is 433 g/mol. The highest BCUT2D eigenvalue weighted by molar-refractivity contribution is 6.33. The number of carbonyl (C=O) groups is 2. The largest absolute Gasteiger partial charge is 0.463 e. The summed E-state index contributed by atoms with van der Waals surface area (Å²) < 4.78 is 4.84. The number of nitrogens with zero attached hydrogens (tertiary/aromatic N) is 2. The van der Waals surface area contributed by atoms with Gasteiger partial charge in [-0.05, 0) is 55.3 Å². The maximum atomic E-state index is 12.6. The lowest BCUT2D eigenvalue weighted by Gasteiger charge is -2.18. The summed E-state index contributed by atoms with van der Waals surface area (Å²) in [7, 11) is 0. The Morgan fingerprint density at radius 2 is 2.07 bits per heavy atom. The SMILES string of the molecule is CCOC(=O)/C=C/c1cnc(N[C@@H]2CCN(C(=O)c3ccc(Cl)cc3)C2)c(Cl)c1. The van der Waals surface area contributed by atoms with Gasteiger partial charge < -0.3 is 15.0 Å². The van der Waals surface area contributed by atoms with E-state index in [9.17, 15) is 9.59 Å². The number of pyridine rings is 1. The fourth-order valence-corrected chi connectivity index (χ4v) is 3.39. The lowest BCUT2D eigenvalue weighted by molar-refractivity contribution is -0.137. The second-order valence-electron chi connectivity index (χ2n) is 6.57. The minimum absolute atomic E-state index is 0.0236. The number of benzene rings is 1. The molecule has 1 aromatic carbocycles. The average molecular weight is 434 g/mol. The summed E-state index contributed by atoms with van der Waals surface area (Å²) in [5.41, 5.74) is 1.31. The molecular weight excluding hydrogens is 413 g/mol. The van der Waals surface area contributed by atoms with E-state index in [1.54, 1.807) is 54.4 Å². The summed E-state index contributed by atoms with van der Waals surface area (Å²) >= 11 is 12.2. The van der Waals surface area contributed by atoms with Crippen molar-refractivity contribution in [2.75, 3.05) is 25.0 Å². The molecule has 6 nitrogen and oxygen atoms in total. The third-order valence-electron chi connectivity index (χ3n) is 4.47. The molecule has 29 heavy (non-hydrogen) atoms. The molecule has 0 aliphatic carbocycles. The molecule has 0 unspecified atom stereocenters. The highest BCUT2D eigenvalue weighted by Gasteiger charge is 2.27. The van der Waals surface area contributed by atoms with Crippen LogP contribution < -0.4 is 5.32 Å². The van der Waals surface area contributed by atoms with Crippen molar-refractivity contribution in [2.24, 2.45) is 0 Å². The molecule has 1 aliphatic rings. The number of ether oxygens (including phenoxy) is 1. The third-order valence-corrected chi connectivity index (χ3v) is 5.01. The smallest absolute Gasteiger partial charge is 0.330 e. The maximum absolute atomic E-state index is 12.6. The molecule has 3 rings (SSSR count). The van der Waals surface area contributed by atoms with E-state index in [0.717, 1.165) is 6.42 Å². The van der Waals surface area contributed by atoms with Crippen LogP contribution >= 0.6 is 23.2 Å². The van der Waals surface area contributed by atoms with Crippen molar-refractivity contribution in [2.45, 2.75) is 19.4 Å². The number of carbonyl (C=O) groups excluding carboxylic acids is 2. The summed E-state index contributed by atoms with van der Waals surface area (Å²) in [6.45, 7) is 3.28. The number of esters is 1. The molecule has 8 heteroatoms. The standard InChI is InChI=1S/C21H21Cl2N3O3/c1-2-29-19(27)8-3-14-11-18(23)20(24-12-14)25-17-9-10-26(13-17)21(28)15-4-6-16(22)7-5-15/h3-8,11-12,17H,2,9-10,13H2,1H3,(H,24,25)/b8-3+/t17-/m1/s1. The van der Waals surface area contributed by atoms with Gasteiger partial charge in [0.05, 0.1) is 11.6 Å². The first-order chi connectivity index (χ1) is 14.0. The van der Waals surface area contributed by atoms with Crippen molar-refractivity contribution in [3.8, 4) is 0 Å². The lowest BCUT2D eigenvalue weighted by atomic mass is 10.2. The first-order valence-corrected chi connectivity index (χ1v) is 10.0. The fourth-order valence-electron chi connectivity index (χ4n) is 3.04. The van der Waals surface area contributed by atoms with Crippen LogP contribution in [0.15, 0.2) is 42.6 Å². The van der Waals surface area contributed by atoms with Gasteiger partial charge in [0.2, 0.25) is 0 Å². The van der Waals surface area contributed by atoms with E-state index in [4.69, 9.17) is 27.9 Å². The van der Waals surface area contributed by atoms with Gasteiger partial charge in [-0.15, -0.1) is 0 Å². The zero-order valence-electron chi connectivity index (χ0n) is 15.9. The Bertz CT molecular complexity index is 916. The number of amides is 1. The molecule has 1 fully saturated rings. The van der Waals surface area contributed by atoms with Crippen LogP contribution in [0.4, 0.5) is 5.82 Å². The molecule has 0 saturated carbocycles. The number of hydrogen-bond donors (Lipinski definition) is 1. The second kappa shape index (κ2) is 9.76. The number of nitrogens with one attached hydrogen (secondary N) is 1. The molecule has 1 aromatic heterocycles. The highest BCUT2D eigenvalue weighted by atomic mass is 35.5. The van der Waals surface area contributed by atoms with Gasteiger partial charge in [-0.25, -0.2) is 9.78 Å². The Morgan fingerprint density at radius 3 is 2.76 bits per heavy atom. The molecule has 1 amide bonds. The van der Waals surface area contributed by atoms with Gasteiger partial charge in [-0.3, -0.25) is 4.79 Å². The van der Waals surface area contributed by atoms with Crippen molar-refractivity contribution in [3.05, 3.63) is 63.8 Å². The molecule has 0 bridgehead atoms. The van der Waals surface area contributed by atoms with Crippen LogP contribution in [0.2, 0.25) is 10.0 Å². The van der Waals surface area contributed by atoms with E-state index in [2.05, 4.69) is 10.3 Å². The van der Waals surface area contributed by atoms with E-state index >= 15 is 0 Å². The van der Waals surface area contributed by atoms with E-state index in [1.165, 1.54) is 6.08 Å². The topological polar surface area (TPSA) is 71.5 Å². The van der Waals surface area contributed by atoms with Crippen molar-refractivity contribution < 1.29 is 14.3 Å². The van der Waals surface area contributed by atoms with Crippen molar-refractivity contribution in [1.29, 1.82) is 0 Å². The first kappa shape index (κ1) is 21.1. The number of anilines is 1. The first-order valence-electron chi connectivity index (χ1n) is 9.28. The van der Waals surface area contributed by atoms with Crippen LogP contribution in [0.5, 0.6) is 0 Å². The van der Waals surface area contributed by atoms with Crippen LogP contribution in [0.25, 0.3) is 6.08 Å². The molecule has 2 heterocycles. The minimum atomic E-state index is -0.415. The number of likely N-dealkylation sites (tertiary alicyclic amines) is 1. The predicted molar refractivity (Wildman–Crippen MR) is 114 cm³/mol. The normalized spacial score (nSPS) is 16.2. The minimum Gasteiger partial charge on any atom is -0.463 e. The molecule has 1 N–H and O–H groups in total. The van der Waals surface area contributed by atoms with Gasteiger partial charge in [0.25, 0.3) is 5.91 Å². The molecule has 152 valence electrons. The predicted octanol–water partition coefficient (Wildman–Crippen LogP) is 4.29. The maximum Gasteiger partial charge on any atom is 0.330 e. The average Bonchev–Trinajstić information content (AvgIpc) is 3.17. The molecule has 1 atom stereocenters. The van der Waals surface area contributed by atoms with E-state index in [1.807, 2.05) is 0 Å². The molecular formula is C21H21Cl2N3O3. The molecule has 0 spiro atoms. The Morgan fingerprint density at radius 1 is 1.31 bits per heavy atom. The van der Waals surface area contributed by atoms with Crippen LogP contribution in [0.3, 0.4) is 0 Å². The molecule has 1 aliphatic heterocycles. The molecule has 2 aromatic rings. The van der Waals surface area contributed by atoms with Crippen molar-refractivity contribution >= 4 is 47.0 Å².